The first-order chi connectivity index (χ1) is 14.1. The molecule has 0 unspecified atom stereocenters. The zero-order valence-corrected chi connectivity index (χ0v) is 16.5. The van der Waals surface area contributed by atoms with Gasteiger partial charge >= 0.3 is 11.8 Å². The lowest BCUT2D eigenvalue weighted by Gasteiger charge is -2.07. The molecule has 0 bridgehead atoms. The second-order valence-corrected chi connectivity index (χ2v) is 7.60. The molecule has 144 valence electrons. The van der Waals surface area contributed by atoms with Crippen LogP contribution in [0.5, 0.6) is 0 Å². The van der Waals surface area contributed by atoms with Crippen LogP contribution in [0.4, 0.5) is 5.69 Å². The summed E-state index contributed by atoms with van der Waals surface area (Å²) >= 11 is 1.63. The number of carbonyl (C=O) groups excluding carboxylic acids is 2. The molecule has 0 saturated carbocycles. The van der Waals surface area contributed by atoms with E-state index in [1.807, 2.05) is 30.3 Å². The summed E-state index contributed by atoms with van der Waals surface area (Å²) in [6.07, 6.45) is 3.29. The van der Waals surface area contributed by atoms with Gasteiger partial charge in [0.15, 0.2) is 0 Å². The molecular weight excluding hydrogens is 384 g/mol. The molecule has 2 aromatic carbocycles. The molecule has 6 nitrogen and oxygen atoms in total. The Morgan fingerprint density at radius 1 is 1.03 bits per heavy atom. The highest BCUT2D eigenvalue weighted by Crippen LogP contribution is 2.31. The van der Waals surface area contributed by atoms with Crippen LogP contribution in [0.3, 0.4) is 0 Å². The topological polar surface area (TPSA) is 84.0 Å². The second kappa shape index (κ2) is 8.20. The van der Waals surface area contributed by atoms with Crippen LogP contribution >= 0.6 is 11.3 Å². The molecule has 0 radical (unpaired) electrons. The van der Waals surface area contributed by atoms with Crippen molar-refractivity contribution < 1.29 is 9.59 Å². The van der Waals surface area contributed by atoms with E-state index in [2.05, 4.69) is 33.6 Å². The number of thiazole rings is 1. The molecule has 0 spiro atoms. The summed E-state index contributed by atoms with van der Waals surface area (Å²) in [4.78, 5) is 32.7. The zero-order chi connectivity index (χ0) is 20.2. The highest BCUT2D eigenvalue weighted by atomic mass is 32.1. The number of nitrogens with one attached hydrogen (secondary N) is 2. The number of amides is 2. The standard InChI is InChI=1S/C22H18N4O2S/c1-14-4-9-18-19(11-14)29-22(26-18)16-5-7-17(8-6-16)25-21(28)20(27)24-13-15-3-2-10-23-12-15/h2-12H,13H2,1H3,(H,24,27)(H,25,28). The van der Waals surface area contributed by atoms with Gasteiger partial charge in [0, 0.05) is 30.2 Å². The SMILES string of the molecule is Cc1ccc2nc(-c3ccc(NC(=O)C(=O)NCc4cccnc4)cc3)sc2c1. The average molecular weight is 402 g/mol. The fraction of sp³-hybridized carbons (Fsp3) is 0.0909. The summed E-state index contributed by atoms with van der Waals surface area (Å²) in [6.45, 7) is 2.30. The van der Waals surface area contributed by atoms with Gasteiger partial charge < -0.3 is 10.6 Å². The van der Waals surface area contributed by atoms with Crippen LogP contribution in [0.2, 0.25) is 0 Å². The van der Waals surface area contributed by atoms with E-state index in [1.54, 1.807) is 41.9 Å². The lowest BCUT2D eigenvalue weighted by molar-refractivity contribution is -0.136. The average Bonchev–Trinajstić information content (AvgIpc) is 3.16. The summed E-state index contributed by atoms with van der Waals surface area (Å²) in [6, 6.07) is 17.1. The van der Waals surface area contributed by atoms with Crippen molar-refractivity contribution in [2.24, 2.45) is 0 Å². The smallest absolute Gasteiger partial charge is 0.313 e. The minimum Gasteiger partial charge on any atom is -0.344 e. The fourth-order valence-electron chi connectivity index (χ4n) is 2.80. The van der Waals surface area contributed by atoms with Crippen LogP contribution in [0, 0.1) is 6.92 Å². The van der Waals surface area contributed by atoms with E-state index in [0.717, 1.165) is 26.4 Å². The summed E-state index contributed by atoms with van der Waals surface area (Å²) in [7, 11) is 0. The summed E-state index contributed by atoms with van der Waals surface area (Å²) in [5, 5.41) is 6.10. The third kappa shape index (κ3) is 4.47. The predicted molar refractivity (Wildman–Crippen MR) is 115 cm³/mol. The summed E-state index contributed by atoms with van der Waals surface area (Å²) in [5.74, 6) is -1.41. The van der Waals surface area contributed by atoms with Gasteiger partial charge in [-0.2, -0.15) is 0 Å². The lowest BCUT2D eigenvalue weighted by Crippen LogP contribution is -2.34. The Kier molecular flexibility index (Phi) is 5.31. The van der Waals surface area contributed by atoms with Crippen LogP contribution in [-0.4, -0.2) is 21.8 Å². The van der Waals surface area contributed by atoms with E-state index in [4.69, 9.17) is 0 Å². The number of pyridine rings is 1. The van der Waals surface area contributed by atoms with Crippen molar-refractivity contribution in [2.75, 3.05) is 5.32 Å². The van der Waals surface area contributed by atoms with Gasteiger partial charge in [0.2, 0.25) is 0 Å². The molecule has 0 aliphatic carbocycles. The number of nitrogens with zero attached hydrogens (tertiary/aromatic N) is 2. The van der Waals surface area contributed by atoms with Crippen LogP contribution in [0.1, 0.15) is 11.1 Å². The van der Waals surface area contributed by atoms with Gasteiger partial charge in [-0.3, -0.25) is 14.6 Å². The van der Waals surface area contributed by atoms with Crippen molar-refractivity contribution in [3.8, 4) is 10.6 Å². The molecule has 4 aromatic rings. The number of benzene rings is 2. The molecule has 0 saturated heterocycles. The lowest BCUT2D eigenvalue weighted by atomic mass is 10.2. The zero-order valence-electron chi connectivity index (χ0n) is 15.7. The van der Waals surface area contributed by atoms with E-state index >= 15 is 0 Å². The van der Waals surface area contributed by atoms with Gasteiger partial charge in [-0.05, 0) is 60.5 Å². The largest absolute Gasteiger partial charge is 0.344 e. The molecule has 0 aliphatic rings. The summed E-state index contributed by atoms with van der Waals surface area (Å²) < 4.78 is 1.14. The summed E-state index contributed by atoms with van der Waals surface area (Å²) in [5.41, 5.74) is 4.50. The monoisotopic (exact) mass is 402 g/mol. The number of aryl methyl sites for hydroxylation is 1. The van der Waals surface area contributed by atoms with Crippen LogP contribution < -0.4 is 10.6 Å². The number of carbonyl (C=O) groups is 2. The minimum absolute atomic E-state index is 0.246. The Labute approximate surface area is 171 Å². The number of aromatic nitrogens is 2. The maximum absolute atomic E-state index is 12.1. The van der Waals surface area contributed by atoms with E-state index in [1.165, 1.54) is 5.56 Å². The minimum atomic E-state index is -0.711. The number of rotatable bonds is 4. The Balaban J connectivity index is 1.39. The van der Waals surface area contributed by atoms with Gasteiger partial charge in [-0.25, -0.2) is 4.98 Å². The van der Waals surface area contributed by atoms with E-state index in [-0.39, 0.29) is 6.54 Å². The molecule has 2 amide bonds. The number of fused-ring (bicyclic) bond motifs is 1. The first kappa shape index (κ1) is 18.8. The van der Waals surface area contributed by atoms with E-state index < -0.39 is 11.8 Å². The molecule has 2 heterocycles. The van der Waals surface area contributed by atoms with Gasteiger partial charge in [0.05, 0.1) is 10.2 Å². The van der Waals surface area contributed by atoms with Gasteiger partial charge in [-0.15, -0.1) is 11.3 Å². The van der Waals surface area contributed by atoms with E-state index in [9.17, 15) is 9.59 Å². The third-order valence-electron chi connectivity index (χ3n) is 4.32. The normalized spacial score (nSPS) is 10.7. The van der Waals surface area contributed by atoms with Crippen molar-refractivity contribution >= 4 is 39.1 Å². The Hall–Kier alpha value is -3.58. The maximum atomic E-state index is 12.1. The number of hydrogen-bond acceptors (Lipinski definition) is 5. The van der Waals surface area contributed by atoms with Crippen molar-refractivity contribution in [1.29, 1.82) is 0 Å². The van der Waals surface area contributed by atoms with Crippen LogP contribution in [0.15, 0.2) is 67.0 Å². The van der Waals surface area contributed by atoms with Crippen molar-refractivity contribution in [1.82, 2.24) is 15.3 Å². The molecule has 4 rings (SSSR count). The Morgan fingerprint density at radius 3 is 2.62 bits per heavy atom. The van der Waals surface area contributed by atoms with Gasteiger partial charge in [0.1, 0.15) is 5.01 Å². The maximum Gasteiger partial charge on any atom is 0.313 e. The van der Waals surface area contributed by atoms with Gasteiger partial charge in [0.25, 0.3) is 0 Å². The van der Waals surface area contributed by atoms with Crippen LogP contribution in [-0.2, 0) is 16.1 Å². The van der Waals surface area contributed by atoms with Crippen molar-refractivity contribution in [3.05, 3.63) is 78.1 Å². The molecule has 0 atom stereocenters. The molecule has 2 N–H and O–H groups in total. The van der Waals surface area contributed by atoms with Crippen LogP contribution in [0.25, 0.3) is 20.8 Å². The molecule has 0 aliphatic heterocycles. The third-order valence-corrected chi connectivity index (χ3v) is 5.38. The first-order valence-corrected chi connectivity index (χ1v) is 9.86. The quantitative estimate of drug-likeness (QED) is 0.507. The van der Waals surface area contributed by atoms with Crippen molar-refractivity contribution in [2.45, 2.75) is 13.5 Å². The molecule has 7 heteroatoms. The number of anilines is 1. The number of hydrogen-bond donors (Lipinski definition) is 2. The van der Waals surface area contributed by atoms with Gasteiger partial charge in [-0.1, -0.05) is 12.1 Å². The molecule has 2 aromatic heterocycles. The van der Waals surface area contributed by atoms with Crippen molar-refractivity contribution in [3.63, 3.8) is 0 Å². The highest BCUT2D eigenvalue weighted by Gasteiger charge is 2.14. The molecule has 0 fully saturated rings. The first-order valence-electron chi connectivity index (χ1n) is 9.04. The highest BCUT2D eigenvalue weighted by molar-refractivity contribution is 7.21. The fourth-order valence-corrected chi connectivity index (χ4v) is 3.87. The predicted octanol–water partition coefficient (Wildman–Crippen LogP) is 3.92. The Bertz CT molecular complexity index is 1170. The second-order valence-electron chi connectivity index (χ2n) is 6.57. The van der Waals surface area contributed by atoms with E-state index in [0.29, 0.717) is 5.69 Å². The Morgan fingerprint density at radius 2 is 1.86 bits per heavy atom. The molecule has 29 heavy (non-hydrogen) atoms. The molecular formula is C22H18N4O2S.